The third-order valence-electron chi connectivity index (χ3n) is 8.03. The number of amides is 1. The maximum atomic E-state index is 14.7. The van der Waals surface area contributed by atoms with Gasteiger partial charge in [-0.25, -0.2) is 9.79 Å². The zero-order valence-corrected chi connectivity index (χ0v) is 26.8. The molecule has 4 aromatic rings. The van der Waals surface area contributed by atoms with E-state index in [2.05, 4.69) is 0 Å². The Kier molecular flexibility index (Phi) is 8.59. The second-order valence-electron chi connectivity index (χ2n) is 10.7. The van der Waals surface area contributed by atoms with Crippen LogP contribution in [0.4, 0.5) is 5.69 Å². The lowest BCUT2D eigenvalue weighted by Gasteiger charge is -2.28. The van der Waals surface area contributed by atoms with Gasteiger partial charge in [0.2, 0.25) is 0 Å². The minimum absolute atomic E-state index is 0.136. The molecule has 0 saturated heterocycles. The Morgan fingerprint density at radius 2 is 1.67 bits per heavy atom. The van der Waals surface area contributed by atoms with Crippen LogP contribution in [-0.2, 0) is 23.9 Å². The number of fused-ring (bicyclic) bond motifs is 3. The van der Waals surface area contributed by atoms with Crippen LogP contribution in [0.25, 0.3) is 16.3 Å². The van der Waals surface area contributed by atoms with Gasteiger partial charge in [-0.3, -0.25) is 23.9 Å². The highest BCUT2D eigenvalue weighted by atomic mass is 32.1. The Morgan fingerprint density at radius 1 is 0.935 bits per heavy atom. The van der Waals surface area contributed by atoms with Crippen molar-refractivity contribution in [1.82, 2.24) is 4.57 Å². The van der Waals surface area contributed by atoms with Gasteiger partial charge in [-0.05, 0) is 43.2 Å². The normalized spacial score (nSPS) is 16.7. The van der Waals surface area contributed by atoms with Crippen molar-refractivity contribution in [3.8, 4) is 5.75 Å². The minimum atomic E-state index is -0.949. The number of ether oxygens (including phenoxy) is 3. The lowest BCUT2D eigenvalue weighted by Crippen LogP contribution is -2.41. The summed E-state index contributed by atoms with van der Waals surface area (Å²) in [4.78, 5) is 61.6. The number of carbonyl (C=O) groups is 3. The zero-order chi connectivity index (χ0) is 32.5. The van der Waals surface area contributed by atoms with Crippen LogP contribution in [0.5, 0.6) is 5.75 Å². The molecule has 2 aliphatic heterocycles. The Balaban J connectivity index is 1.69. The third kappa shape index (κ3) is 5.10. The number of anilines is 1. The molecule has 0 N–H and O–H groups in total. The summed E-state index contributed by atoms with van der Waals surface area (Å²) in [6.07, 6.45) is 1.15. The van der Waals surface area contributed by atoms with Crippen molar-refractivity contribution in [1.29, 1.82) is 0 Å². The maximum absolute atomic E-state index is 14.7. The maximum Gasteiger partial charge on any atom is 0.338 e. The second kappa shape index (κ2) is 12.8. The van der Waals surface area contributed by atoms with Crippen LogP contribution in [0.2, 0.25) is 0 Å². The molecule has 6 rings (SSSR count). The van der Waals surface area contributed by atoms with Crippen molar-refractivity contribution in [3.63, 3.8) is 0 Å². The average Bonchev–Trinajstić information content (AvgIpc) is 3.52. The van der Waals surface area contributed by atoms with E-state index in [-0.39, 0.29) is 35.4 Å². The summed E-state index contributed by atoms with van der Waals surface area (Å²) in [6.45, 7) is 5.43. The molecule has 1 atom stereocenters. The van der Waals surface area contributed by atoms with Gasteiger partial charge in [-0.1, -0.05) is 73.2 Å². The van der Waals surface area contributed by atoms with E-state index in [1.165, 1.54) is 9.47 Å². The molecule has 0 bridgehead atoms. The Labute approximate surface area is 268 Å². The van der Waals surface area contributed by atoms with Crippen molar-refractivity contribution in [3.05, 3.63) is 103 Å². The molecule has 0 radical (unpaired) electrons. The van der Waals surface area contributed by atoms with Gasteiger partial charge in [0, 0.05) is 11.1 Å². The summed E-state index contributed by atoms with van der Waals surface area (Å²) in [6, 6.07) is 17.5. The van der Waals surface area contributed by atoms with Gasteiger partial charge in [0.25, 0.3) is 11.5 Å². The fourth-order valence-corrected chi connectivity index (χ4v) is 7.28. The first-order chi connectivity index (χ1) is 22.3. The predicted octanol–water partition coefficient (Wildman–Crippen LogP) is 4.02. The van der Waals surface area contributed by atoms with Crippen molar-refractivity contribution >= 4 is 51.2 Å². The molecule has 10 nitrogen and oxygen atoms in total. The van der Waals surface area contributed by atoms with E-state index < -0.39 is 29.4 Å². The highest BCUT2D eigenvalue weighted by Crippen LogP contribution is 2.41. The molecule has 0 aliphatic carbocycles. The summed E-state index contributed by atoms with van der Waals surface area (Å²) in [5.74, 6) is -1.13. The van der Waals surface area contributed by atoms with E-state index in [1.807, 2.05) is 43.3 Å². The van der Waals surface area contributed by atoms with E-state index in [9.17, 15) is 19.2 Å². The molecule has 11 heteroatoms. The second-order valence-corrected chi connectivity index (χ2v) is 11.7. The Hall–Kier alpha value is -5.03. The molecule has 236 valence electrons. The number of carbonyl (C=O) groups excluding carboxylic acids is 3. The molecular weight excluding hydrogens is 606 g/mol. The summed E-state index contributed by atoms with van der Waals surface area (Å²) in [7, 11) is 1.55. The van der Waals surface area contributed by atoms with Gasteiger partial charge in [-0.15, -0.1) is 0 Å². The van der Waals surface area contributed by atoms with Gasteiger partial charge < -0.3 is 14.2 Å². The van der Waals surface area contributed by atoms with Crippen molar-refractivity contribution in [2.75, 3.05) is 31.8 Å². The van der Waals surface area contributed by atoms with E-state index in [4.69, 9.17) is 19.2 Å². The topological polar surface area (TPSA) is 117 Å². The lowest BCUT2D eigenvalue weighted by molar-refractivity contribution is -0.142. The van der Waals surface area contributed by atoms with Crippen molar-refractivity contribution in [2.45, 2.75) is 39.7 Å². The SMILES string of the molecule is CCCC1=C(C(=O)OCC)[C@H](c2c(OC)ccc3ccccc23)n2c(s/c(=C3/C(=O)N(CC(=O)OCC)c4ccccc43)c2=O)=N1. The van der Waals surface area contributed by atoms with Crippen LogP contribution < -0.4 is 24.5 Å². The standard InChI is InChI=1S/C35H33N3O7S/c1-5-12-23-29(34(42)45-7-3)30(27-21-14-9-8-13-20(21)17-18-25(27)43-4)38-33(41)31(46-35(38)36-23)28-22-15-10-11-16-24(22)37(32(28)40)19-26(39)44-6-2/h8-11,13-18,30H,5-7,12,19H2,1-4H3/b31-28+/t30-/m0/s1. The largest absolute Gasteiger partial charge is 0.496 e. The van der Waals surface area contributed by atoms with Crippen molar-refractivity contribution in [2.24, 2.45) is 4.99 Å². The molecule has 0 spiro atoms. The number of para-hydroxylation sites is 1. The Bertz CT molecular complexity index is 2110. The van der Waals surface area contributed by atoms with Gasteiger partial charge in [-0.2, -0.15) is 0 Å². The van der Waals surface area contributed by atoms with Crippen LogP contribution in [0, 0.1) is 0 Å². The number of benzene rings is 3. The lowest BCUT2D eigenvalue weighted by atomic mass is 9.90. The van der Waals surface area contributed by atoms with Crippen LogP contribution >= 0.6 is 11.3 Å². The highest BCUT2D eigenvalue weighted by Gasteiger charge is 2.39. The fourth-order valence-electron chi connectivity index (χ4n) is 6.17. The summed E-state index contributed by atoms with van der Waals surface area (Å²) in [5.41, 5.74) is 2.10. The predicted molar refractivity (Wildman–Crippen MR) is 175 cm³/mol. The number of allylic oxidation sites excluding steroid dienone is 1. The highest BCUT2D eigenvalue weighted by molar-refractivity contribution is 7.07. The van der Waals surface area contributed by atoms with Gasteiger partial charge in [0.15, 0.2) is 4.80 Å². The molecule has 0 fully saturated rings. The van der Waals surface area contributed by atoms with Gasteiger partial charge in [0.05, 0.1) is 42.9 Å². The molecule has 0 saturated carbocycles. The quantitative estimate of drug-likeness (QED) is 0.254. The first-order valence-electron chi connectivity index (χ1n) is 15.2. The molecule has 3 heterocycles. The molecular formula is C35H33N3O7S. The van der Waals surface area contributed by atoms with E-state index >= 15 is 0 Å². The number of thiazole rings is 1. The first kappa shape index (κ1) is 31.0. The number of nitrogens with zero attached hydrogens (tertiary/aromatic N) is 3. The average molecular weight is 640 g/mol. The number of hydrogen-bond donors (Lipinski definition) is 0. The van der Waals surface area contributed by atoms with Crippen LogP contribution in [0.3, 0.4) is 0 Å². The van der Waals surface area contributed by atoms with E-state index in [1.54, 1.807) is 45.2 Å². The minimum Gasteiger partial charge on any atom is -0.496 e. The summed E-state index contributed by atoms with van der Waals surface area (Å²) in [5, 5.41) is 1.70. The number of aromatic nitrogens is 1. The van der Waals surface area contributed by atoms with Crippen LogP contribution in [0.1, 0.15) is 50.8 Å². The monoisotopic (exact) mass is 639 g/mol. The fraction of sp³-hybridized carbons (Fsp3) is 0.286. The number of methoxy groups -OCH3 is 1. The molecule has 1 amide bonds. The summed E-state index contributed by atoms with van der Waals surface area (Å²) < 4.78 is 18.2. The zero-order valence-electron chi connectivity index (χ0n) is 26.0. The number of esters is 2. The van der Waals surface area contributed by atoms with E-state index in [0.29, 0.717) is 45.9 Å². The molecule has 46 heavy (non-hydrogen) atoms. The first-order valence-corrected chi connectivity index (χ1v) is 16.0. The molecule has 0 unspecified atom stereocenters. The van der Waals surface area contributed by atoms with Crippen molar-refractivity contribution < 1.29 is 28.6 Å². The number of hydrogen-bond acceptors (Lipinski definition) is 9. The van der Waals surface area contributed by atoms with E-state index in [0.717, 1.165) is 22.1 Å². The van der Waals surface area contributed by atoms with Crippen LogP contribution in [-0.4, -0.2) is 49.3 Å². The molecule has 2 aliphatic rings. The van der Waals surface area contributed by atoms with Crippen LogP contribution in [0.15, 0.2) is 81.7 Å². The molecule has 3 aromatic carbocycles. The number of rotatable bonds is 9. The van der Waals surface area contributed by atoms with Gasteiger partial charge in [0.1, 0.15) is 22.9 Å². The van der Waals surface area contributed by atoms with Gasteiger partial charge >= 0.3 is 11.9 Å². The summed E-state index contributed by atoms with van der Waals surface area (Å²) >= 11 is 1.09. The smallest absolute Gasteiger partial charge is 0.338 e. The Morgan fingerprint density at radius 3 is 2.41 bits per heavy atom. The molecule has 1 aromatic heterocycles. The third-order valence-corrected chi connectivity index (χ3v) is 9.09.